The maximum Gasteiger partial charge on any atom is 0.293 e. The minimum Gasteiger partial charge on any atom is -0.377 e. The van der Waals surface area contributed by atoms with Crippen LogP contribution < -0.4 is 5.32 Å². The number of nitrogens with zero attached hydrogens (tertiary/aromatic N) is 3. The number of aryl methyl sites for hydroxylation is 1. The molecular weight excluding hydrogens is 320 g/mol. The fourth-order valence-corrected chi connectivity index (χ4v) is 3.30. The molecule has 0 atom stereocenters. The van der Waals surface area contributed by atoms with Gasteiger partial charge in [-0.3, -0.25) is 14.9 Å². The number of imidazole rings is 1. The second-order valence-electron chi connectivity index (χ2n) is 6.51. The van der Waals surface area contributed by atoms with Gasteiger partial charge in [0.15, 0.2) is 5.82 Å². The van der Waals surface area contributed by atoms with Gasteiger partial charge >= 0.3 is 0 Å². The lowest BCUT2D eigenvalue weighted by atomic mass is 10.1. The van der Waals surface area contributed by atoms with Crippen LogP contribution in [0.1, 0.15) is 54.7 Å². The van der Waals surface area contributed by atoms with Gasteiger partial charge in [-0.2, -0.15) is 0 Å². The summed E-state index contributed by atoms with van der Waals surface area (Å²) < 4.78 is 1.60. The summed E-state index contributed by atoms with van der Waals surface area (Å²) in [4.78, 5) is 27.6. The molecule has 2 aromatic rings. The van der Waals surface area contributed by atoms with E-state index in [1.165, 1.54) is 25.1 Å². The van der Waals surface area contributed by atoms with Crippen LogP contribution in [0, 0.1) is 10.1 Å². The topological polar surface area (TPSA) is 90.1 Å². The summed E-state index contributed by atoms with van der Waals surface area (Å²) in [7, 11) is 1.72. The molecule has 1 aliphatic rings. The van der Waals surface area contributed by atoms with E-state index in [9.17, 15) is 14.9 Å². The molecule has 1 fully saturated rings. The summed E-state index contributed by atoms with van der Waals surface area (Å²) in [6, 6.07) is 4.86. The molecule has 7 nitrogen and oxygen atoms in total. The molecule has 0 bridgehead atoms. The van der Waals surface area contributed by atoms with Gasteiger partial charge < -0.3 is 9.88 Å². The van der Waals surface area contributed by atoms with Crippen molar-refractivity contribution >= 4 is 17.2 Å². The molecule has 0 unspecified atom stereocenters. The molecule has 0 aliphatic heterocycles. The zero-order valence-corrected chi connectivity index (χ0v) is 14.3. The summed E-state index contributed by atoms with van der Waals surface area (Å²) in [6.45, 7) is 0. The molecule has 25 heavy (non-hydrogen) atoms. The van der Waals surface area contributed by atoms with Gasteiger partial charge in [-0.05, 0) is 25.0 Å². The number of ketones is 1. The smallest absolute Gasteiger partial charge is 0.293 e. The van der Waals surface area contributed by atoms with Gasteiger partial charge in [0.2, 0.25) is 5.78 Å². The molecule has 1 aromatic heterocycles. The molecule has 1 aromatic carbocycles. The number of anilines is 1. The normalized spacial score (nSPS) is 15.6. The summed E-state index contributed by atoms with van der Waals surface area (Å²) in [5.41, 5.74) is 0.685. The van der Waals surface area contributed by atoms with Crippen molar-refractivity contribution in [2.24, 2.45) is 7.05 Å². The number of benzene rings is 1. The zero-order valence-electron chi connectivity index (χ0n) is 14.3. The molecular formula is C18H22N4O3. The third kappa shape index (κ3) is 3.87. The van der Waals surface area contributed by atoms with E-state index in [1.54, 1.807) is 29.9 Å². The number of carbonyl (C=O) groups excluding carboxylic acids is 1. The maximum atomic E-state index is 12.5. The molecule has 132 valence electrons. The van der Waals surface area contributed by atoms with Crippen molar-refractivity contribution in [1.29, 1.82) is 0 Å². The van der Waals surface area contributed by atoms with Crippen molar-refractivity contribution in [2.75, 3.05) is 5.32 Å². The van der Waals surface area contributed by atoms with Crippen LogP contribution in [-0.2, 0) is 7.05 Å². The average Bonchev–Trinajstić information content (AvgIpc) is 2.86. The van der Waals surface area contributed by atoms with Crippen LogP contribution >= 0.6 is 0 Å². The van der Waals surface area contributed by atoms with Gasteiger partial charge in [0, 0.05) is 37.1 Å². The molecule has 7 heteroatoms. The van der Waals surface area contributed by atoms with Gasteiger partial charge in [-0.25, -0.2) is 4.98 Å². The monoisotopic (exact) mass is 342 g/mol. The Morgan fingerprint density at radius 2 is 2.00 bits per heavy atom. The van der Waals surface area contributed by atoms with Crippen LogP contribution in [0.5, 0.6) is 0 Å². The Balaban J connectivity index is 1.86. The minimum atomic E-state index is -0.436. The predicted molar refractivity (Wildman–Crippen MR) is 94.8 cm³/mol. The highest BCUT2D eigenvalue weighted by molar-refractivity contribution is 6.07. The molecule has 1 heterocycles. The van der Waals surface area contributed by atoms with Crippen molar-refractivity contribution < 1.29 is 9.72 Å². The van der Waals surface area contributed by atoms with E-state index in [0.29, 0.717) is 5.69 Å². The molecule has 0 radical (unpaired) electrons. The van der Waals surface area contributed by atoms with Gasteiger partial charge in [0.05, 0.1) is 4.92 Å². The first-order valence-corrected chi connectivity index (χ1v) is 8.63. The third-order valence-electron chi connectivity index (χ3n) is 4.70. The van der Waals surface area contributed by atoms with Gasteiger partial charge in [0.25, 0.3) is 5.69 Å². The fourth-order valence-electron chi connectivity index (χ4n) is 3.30. The molecule has 1 saturated carbocycles. The van der Waals surface area contributed by atoms with E-state index in [0.717, 1.165) is 25.7 Å². The van der Waals surface area contributed by atoms with E-state index in [4.69, 9.17) is 0 Å². The van der Waals surface area contributed by atoms with E-state index in [-0.39, 0.29) is 28.9 Å². The van der Waals surface area contributed by atoms with Gasteiger partial charge in [-0.1, -0.05) is 25.7 Å². The Bertz CT molecular complexity index is 776. The Hall–Kier alpha value is -2.70. The number of nitro benzene ring substituents is 1. The van der Waals surface area contributed by atoms with E-state index in [1.807, 2.05) is 0 Å². The highest BCUT2D eigenvalue weighted by Crippen LogP contribution is 2.29. The number of aromatic nitrogens is 2. The van der Waals surface area contributed by atoms with Crippen LogP contribution in [-0.4, -0.2) is 26.3 Å². The van der Waals surface area contributed by atoms with E-state index < -0.39 is 4.92 Å². The fraction of sp³-hybridized carbons (Fsp3) is 0.444. The van der Waals surface area contributed by atoms with Crippen LogP contribution in [0.2, 0.25) is 0 Å². The Labute approximate surface area is 146 Å². The minimum absolute atomic E-state index is 0.0655. The number of hydrogen-bond donors (Lipinski definition) is 1. The highest BCUT2D eigenvalue weighted by atomic mass is 16.6. The summed E-state index contributed by atoms with van der Waals surface area (Å²) >= 11 is 0. The second kappa shape index (κ2) is 7.46. The van der Waals surface area contributed by atoms with Crippen LogP contribution in [0.3, 0.4) is 0 Å². The summed E-state index contributed by atoms with van der Waals surface area (Å²) in [6.07, 6.45) is 9.96. The van der Waals surface area contributed by atoms with Crippen LogP contribution in [0.4, 0.5) is 11.4 Å². The lowest BCUT2D eigenvalue weighted by Gasteiger charge is -2.17. The average molecular weight is 342 g/mol. The number of nitrogens with one attached hydrogen (secondary N) is 1. The summed E-state index contributed by atoms with van der Waals surface area (Å²) in [5, 5.41) is 14.8. The first-order chi connectivity index (χ1) is 12.1. The van der Waals surface area contributed by atoms with Crippen molar-refractivity contribution in [3.8, 4) is 0 Å². The molecule has 3 rings (SSSR count). The number of nitro groups is 1. The van der Waals surface area contributed by atoms with E-state index >= 15 is 0 Å². The van der Waals surface area contributed by atoms with Crippen LogP contribution in [0.25, 0.3) is 0 Å². The van der Waals surface area contributed by atoms with Crippen LogP contribution in [0.15, 0.2) is 30.6 Å². The largest absolute Gasteiger partial charge is 0.377 e. The standard InChI is InChI=1S/C18H22N4O3/c1-21-11-10-19-18(21)17(23)13-8-9-15(16(12-13)22(24)25)20-14-6-4-2-3-5-7-14/h8-12,14,20H,2-7H2,1H3. The first kappa shape index (κ1) is 17.1. The Morgan fingerprint density at radius 1 is 1.28 bits per heavy atom. The van der Waals surface area contributed by atoms with E-state index in [2.05, 4.69) is 10.3 Å². The zero-order chi connectivity index (χ0) is 17.8. The Morgan fingerprint density at radius 3 is 2.60 bits per heavy atom. The number of carbonyl (C=O) groups is 1. The molecule has 0 spiro atoms. The highest BCUT2D eigenvalue weighted by Gasteiger charge is 2.22. The summed E-state index contributed by atoms with van der Waals surface area (Å²) in [5.74, 6) is -0.0598. The molecule has 0 amide bonds. The predicted octanol–water partition coefficient (Wildman–Crippen LogP) is 3.69. The lowest BCUT2D eigenvalue weighted by Crippen LogP contribution is -2.19. The lowest BCUT2D eigenvalue weighted by molar-refractivity contribution is -0.384. The molecule has 0 saturated heterocycles. The van der Waals surface area contributed by atoms with Crippen molar-refractivity contribution in [3.63, 3.8) is 0 Å². The molecule has 1 N–H and O–H groups in total. The van der Waals surface area contributed by atoms with Gasteiger partial charge in [-0.15, -0.1) is 0 Å². The van der Waals surface area contributed by atoms with Crippen molar-refractivity contribution in [1.82, 2.24) is 9.55 Å². The Kier molecular flexibility index (Phi) is 5.11. The van der Waals surface area contributed by atoms with Gasteiger partial charge in [0.1, 0.15) is 5.69 Å². The maximum absolute atomic E-state index is 12.5. The quantitative estimate of drug-likeness (QED) is 0.387. The van der Waals surface area contributed by atoms with Crippen molar-refractivity contribution in [2.45, 2.75) is 44.6 Å². The second-order valence-corrected chi connectivity index (χ2v) is 6.51. The number of rotatable bonds is 5. The SMILES string of the molecule is Cn1ccnc1C(=O)c1ccc(NC2CCCCCC2)c([N+](=O)[O-])c1. The van der Waals surface area contributed by atoms with Crippen molar-refractivity contribution in [3.05, 3.63) is 52.1 Å². The molecule has 1 aliphatic carbocycles. The number of hydrogen-bond acceptors (Lipinski definition) is 5. The third-order valence-corrected chi connectivity index (χ3v) is 4.70. The first-order valence-electron chi connectivity index (χ1n) is 8.63.